The molecule has 0 aliphatic rings. The van der Waals surface area contributed by atoms with Gasteiger partial charge in [0.05, 0.1) is 30.0 Å². The van der Waals surface area contributed by atoms with Crippen LogP contribution in [0, 0.1) is 5.82 Å². The highest BCUT2D eigenvalue weighted by Gasteiger charge is 2.18. The van der Waals surface area contributed by atoms with Gasteiger partial charge >= 0.3 is 0 Å². The second-order valence-electron chi connectivity index (χ2n) is 6.22. The number of nitrogens with zero attached hydrogens (tertiary/aromatic N) is 3. The van der Waals surface area contributed by atoms with Crippen LogP contribution in [0.4, 0.5) is 10.1 Å². The van der Waals surface area contributed by atoms with Crippen molar-refractivity contribution in [3.63, 3.8) is 0 Å². The van der Waals surface area contributed by atoms with Crippen molar-refractivity contribution in [3.05, 3.63) is 72.2 Å². The number of carbonyl (C=O) groups excluding carboxylic acids is 1. The monoisotopic (exact) mass is 376 g/mol. The van der Waals surface area contributed by atoms with E-state index in [1.54, 1.807) is 31.1 Å². The number of aromatic nitrogens is 3. The number of aryl methyl sites for hydroxylation is 1. The Labute approximate surface area is 160 Å². The number of pyridine rings is 1. The molecular weight excluding hydrogens is 359 g/mol. The number of hydrogen-bond donors (Lipinski definition) is 1. The van der Waals surface area contributed by atoms with E-state index in [4.69, 9.17) is 4.74 Å². The molecule has 0 atom stereocenters. The lowest BCUT2D eigenvalue weighted by Crippen LogP contribution is -2.13. The van der Waals surface area contributed by atoms with E-state index in [9.17, 15) is 9.18 Å². The minimum absolute atomic E-state index is 0.330. The van der Waals surface area contributed by atoms with Crippen molar-refractivity contribution in [1.29, 1.82) is 0 Å². The van der Waals surface area contributed by atoms with E-state index >= 15 is 0 Å². The first-order chi connectivity index (χ1) is 13.6. The summed E-state index contributed by atoms with van der Waals surface area (Å²) in [6.07, 6.45) is 1.61. The zero-order chi connectivity index (χ0) is 19.7. The molecule has 0 fully saturated rings. The molecule has 2 aromatic heterocycles. The van der Waals surface area contributed by atoms with Gasteiger partial charge in [0.2, 0.25) is 0 Å². The lowest BCUT2D eigenvalue weighted by atomic mass is 10.1. The van der Waals surface area contributed by atoms with Crippen molar-refractivity contribution in [2.24, 2.45) is 7.05 Å². The number of anilines is 1. The normalized spacial score (nSPS) is 10.8. The van der Waals surface area contributed by atoms with Crippen LogP contribution in [-0.2, 0) is 7.05 Å². The molecule has 0 saturated heterocycles. The number of methoxy groups -OCH3 is 1. The topological polar surface area (TPSA) is 69.0 Å². The van der Waals surface area contributed by atoms with Crippen LogP contribution in [0.3, 0.4) is 0 Å². The number of halogens is 1. The fourth-order valence-electron chi connectivity index (χ4n) is 3.03. The highest BCUT2D eigenvalue weighted by atomic mass is 19.1. The molecule has 0 aliphatic carbocycles. The third kappa shape index (κ3) is 3.18. The molecule has 0 bridgehead atoms. The smallest absolute Gasteiger partial charge is 0.256 e. The van der Waals surface area contributed by atoms with Crippen LogP contribution < -0.4 is 10.1 Å². The van der Waals surface area contributed by atoms with Crippen LogP contribution in [0.2, 0.25) is 0 Å². The van der Waals surface area contributed by atoms with Crippen LogP contribution in [0.15, 0.2) is 60.8 Å². The lowest BCUT2D eigenvalue weighted by molar-refractivity contribution is 0.102. The van der Waals surface area contributed by atoms with Crippen LogP contribution >= 0.6 is 0 Å². The number of rotatable bonds is 4. The van der Waals surface area contributed by atoms with Crippen molar-refractivity contribution in [2.75, 3.05) is 12.4 Å². The summed E-state index contributed by atoms with van der Waals surface area (Å²) in [5.74, 6) is -0.0420. The van der Waals surface area contributed by atoms with Crippen molar-refractivity contribution >= 4 is 22.6 Å². The van der Waals surface area contributed by atoms with Crippen LogP contribution in [-0.4, -0.2) is 27.8 Å². The largest absolute Gasteiger partial charge is 0.496 e. The maximum absolute atomic E-state index is 13.1. The highest BCUT2D eigenvalue weighted by Crippen LogP contribution is 2.31. The zero-order valence-electron chi connectivity index (χ0n) is 15.3. The number of carbonyl (C=O) groups is 1. The van der Waals surface area contributed by atoms with E-state index in [-0.39, 0.29) is 11.7 Å². The lowest BCUT2D eigenvalue weighted by Gasteiger charge is -2.11. The number of amides is 1. The SMILES string of the molecule is COc1ccccc1-c1cc(C(=O)Nc2ccc(F)cc2)c2cnn(C)c2n1. The minimum Gasteiger partial charge on any atom is -0.496 e. The molecule has 2 aromatic carbocycles. The Balaban J connectivity index is 1.83. The molecule has 4 rings (SSSR count). The summed E-state index contributed by atoms with van der Waals surface area (Å²) in [5, 5.41) is 7.65. The van der Waals surface area contributed by atoms with E-state index < -0.39 is 0 Å². The molecule has 28 heavy (non-hydrogen) atoms. The average Bonchev–Trinajstić information content (AvgIpc) is 3.09. The van der Waals surface area contributed by atoms with E-state index in [0.29, 0.717) is 33.7 Å². The third-order valence-electron chi connectivity index (χ3n) is 4.43. The van der Waals surface area contributed by atoms with Gasteiger partial charge in [-0.15, -0.1) is 0 Å². The number of nitrogens with one attached hydrogen (secondary N) is 1. The van der Waals surface area contributed by atoms with E-state index in [1.807, 2.05) is 24.3 Å². The summed E-state index contributed by atoms with van der Waals surface area (Å²) >= 11 is 0. The molecule has 0 radical (unpaired) electrons. The van der Waals surface area contributed by atoms with Gasteiger partial charge in [0.1, 0.15) is 11.6 Å². The molecule has 2 heterocycles. The van der Waals surface area contributed by atoms with Gasteiger partial charge in [-0.05, 0) is 42.5 Å². The predicted molar refractivity (Wildman–Crippen MR) is 105 cm³/mol. The Morgan fingerprint density at radius 2 is 1.89 bits per heavy atom. The summed E-state index contributed by atoms with van der Waals surface area (Å²) < 4.78 is 20.2. The van der Waals surface area contributed by atoms with Gasteiger partial charge in [0.15, 0.2) is 5.65 Å². The second-order valence-corrected chi connectivity index (χ2v) is 6.22. The van der Waals surface area contributed by atoms with E-state index in [2.05, 4.69) is 15.4 Å². The van der Waals surface area contributed by atoms with Crippen LogP contribution in [0.25, 0.3) is 22.3 Å². The van der Waals surface area contributed by atoms with Gasteiger partial charge in [-0.3, -0.25) is 9.48 Å². The molecule has 0 aliphatic heterocycles. The number of benzene rings is 2. The standard InChI is InChI=1S/C21H17FN4O2/c1-26-20-17(12-23-26)16(21(27)24-14-9-7-13(22)8-10-14)11-18(25-20)15-5-3-4-6-19(15)28-2/h3-12H,1-2H3,(H,24,27). The first kappa shape index (κ1) is 17.7. The quantitative estimate of drug-likeness (QED) is 0.584. The third-order valence-corrected chi connectivity index (χ3v) is 4.43. The first-order valence-electron chi connectivity index (χ1n) is 8.60. The van der Waals surface area contributed by atoms with Gasteiger partial charge < -0.3 is 10.1 Å². The molecule has 4 aromatic rings. The average molecular weight is 376 g/mol. The van der Waals surface area contributed by atoms with Gasteiger partial charge in [-0.1, -0.05) is 12.1 Å². The highest BCUT2D eigenvalue weighted by molar-refractivity contribution is 6.12. The van der Waals surface area contributed by atoms with E-state index in [0.717, 1.165) is 5.56 Å². The van der Waals surface area contributed by atoms with Crippen molar-refractivity contribution in [2.45, 2.75) is 0 Å². The van der Waals surface area contributed by atoms with Crippen molar-refractivity contribution in [3.8, 4) is 17.0 Å². The molecule has 7 heteroatoms. The molecule has 0 unspecified atom stereocenters. The maximum atomic E-state index is 13.1. The Morgan fingerprint density at radius 1 is 1.14 bits per heavy atom. The fourth-order valence-corrected chi connectivity index (χ4v) is 3.03. The van der Waals surface area contributed by atoms with Crippen LogP contribution in [0.5, 0.6) is 5.75 Å². The minimum atomic E-state index is -0.366. The maximum Gasteiger partial charge on any atom is 0.256 e. The second kappa shape index (κ2) is 7.11. The Kier molecular flexibility index (Phi) is 4.49. The molecular formula is C21H17FN4O2. The van der Waals surface area contributed by atoms with Gasteiger partial charge in [-0.25, -0.2) is 9.37 Å². The van der Waals surface area contributed by atoms with E-state index in [1.165, 1.54) is 24.3 Å². The van der Waals surface area contributed by atoms with Crippen molar-refractivity contribution in [1.82, 2.24) is 14.8 Å². The number of hydrogen-bond acceptors (Lipinski definition) is 4. The Morgan fingerprint density at radius 3 is 2.64 bits per heavy atom. The number of para-hydroxylation sites is 1. The number of fused-ring (bicyclic) bond motifs is 1. The van der Waals surface area contributed by atoms with Gasteiger partial charge in [0, 0.05) is 18.3 Å². The molecule has 0 spiro atoms. The van der Waals surface area contributed by atoms with Gasteiger partial charge in [-0.2, -0.15) is 5.10 Å². The Bertz CT molecular complexity index is 1170. The molecule has 6 nitrogen and oxygen atoms in total. The molecule has 140 valence electrons. The van der Waals surface area contributed by atoms with Gasteiger partial charge in [0.25, 0.3) is 5.91 Å². The summed E-state index contributed by atoms with van der Waals surface area (Å²) in [6, 6.07) is 14.8. The fraction of sp³-hybridized carbons (Fsp3) is 0.0952. The molecule has 0 saturated carbocycles. The zero-order valence-corrected chi connectivity index (χ0v) is 15.3. The predicted octanol–water partition coefficient (Wildman–Crippen LogP) is 4.04. The molecule has 1 amide bonds. The summed E-state index contributed by atoms with van der Waals surface area (Å²) in [7, 11) is 3.35. The molecule has 1 N–H and O–H groups in total. The van der Waals surface area contributed by atoms with Crippen LogP contribution in [0.1, 0.15) is 10.4 Å². The summed E-state index contributed by atoms with van der Waals surface area (Å²) in [5.41, 5.74) is 2.86. The van der Waals surface area contributed by atoms with Crippen molar-refractivity contribution < 1.29 is 13.9 Å². The first-order valence-corrected chi connectivity index (χ1v) is 8.60. The Hall–Kier alpha value is -3.74. The summed E-state index contributed by atoms with van der Waals surface area (Å²) in [4.78, 5) is 17.6. The summed E-state index contributed by atoms with van der Waals surface area (Å²) in [6.45, 7) is 0. The number of ether oxygens (including phenoxy) is 1.